The highest BCUT2D eigenvalue weighted by molar-refractivity contribution is 5.80. The molecule has 0 aliphatic carbocycles. The van der Waals surface area contributed by atoms with E-state index in [1.165, 1.54) is 103 Å². The molecule has 0 saturated carbocycles. The van der Waals surface area contributed by atoms with Crippen LogP contribution >= 0.6 is 0 Å². The van der Waals surface area contributed by atoms with Crippen molar-refractivity contribution in [3.05, 3.63) is 36.5 Å². The lowest BCUT2D eigenvalue weighted by molar-refractivity contribution is -0.132. The maximum atomic E-state index is 12.4. The minimum atomic E-state index is -1.28. The Bertz CT molecular complexity index is 722. The third-order valence-corrected chi connectivity index (χ3v) is 8.60. The summed E-state index contributed by atoms with van der Waals surface area (Å²) in [5.74, 6) is -0.601. The topological polar surface area (TPSA) is 110 Å². The Hall–Kier alpha value is -1.47. The van der Waals surface area contributed by atoms with Crippen molar-refractivity contribution in [2.45, 2.75) is 199 Å². The fourth-order valence-electron chi connectivity index (χ4n) is 5.51. The number of rotatable bonds is 33. The third kappa shape index (κ3) is 28.5. The summed E-state index contributed by atoms with van der Waals surface area (Å²) in [4.78, 5) is 12.4. The summed E-state index contributed by atoms with van der Waals surface area (Å²) >= 11 is 0. The van der Waals surface area contributed by atoms with Crippen LogP contribution in [0.2, 0.25) is 0 Å². The largest absolute Gasteiger partial charge is 0.394 e. The minimum absolute atomic E-state index is 0.356. The van der Waals surface area contributed by atoms with Crippen LogP contribution in [-0.2, 0) is 4.79 Å². The van der Waals surface area contributed by atoms with Crippen molar-refractivity contribution in [3.8, 4) is 0 Å². The Balaban J connectivity index is 3.84. The van der Waals surface area contributed by atoms with Crippen LogP contribution in [0.4, 0.5) is 0 Å². The highest BCUT2D eigenvalue weighted by Crippen LogP contribution is 2.14. The van der Waals surface area contributed by atoms with Gasteiger partial charge in [0.15, 0.2) is 0 Å². The molecular weight excluding hydrogens is 562 g/mol. The molecule has 264 valence electrons. The van der Waals surface area contributed by atoms with Crippen LogP contribution in [0.15, 0.2) is 36.5 Å². The lowest BCUT2D eigenvalue weighted by Crippen LogP contribution is -2.53. The van der Waals surface area contributed by atoms with Gasteiger partial charge >= 0.3 is 0 Å². The predicted octanol–water partition coefficient (Wildman–Crippen LogP) is 9.01. The highest BCUT2D eigenvalue weighted by Gasteiger charge is 2.28. The van der Waals surface area contributed by atoms with Crippen molar-refractivity contribution in [2.24, 2.45) is 0 Å². The van der Waals surface area contributed by atoms with E-state index in [4.69, 9.17) is 0 Å². The number of aliphatic hydroxyl groups excluding tert-OH is 4. The number of amides is 1. The minimum Gasteiger partial charge on any atom is -0.394 e. The van der Waals surface area contributed by atoms with Crippen molar-refractivity contribution in [2.75, 3.05) is 6.61 Å². The number of hydrogen-bond acceptors (Lipinski definition) is 5. The number of aliphatic hydroxyl groups is 4. The molecule has 0 saturated heterocycles. The van der Waals surface area contributed by atoms with Crippen LogP contribution in [0.3, 0.4) is 0 Å². The first-order chi connectivity index (χ1) is 22.0. The number of carbonyl (C=O) groups excluding carboxylic acids is 1. The maximum absolute atomic E-state index is 12.4. The Labute approximate surface area is 277 Å². The first-order valence-electron chi connectivity index (χ1n) is 18.9. The molecule has 1 amide bonds. The molecule has 4 unspecified atom stereocenters. The van der Waals surface area contributed by atoms with Crippen LogP contribution in [0, 0.1) is 0 Å². The SMILES string of the molecule is CCCCC/C=C\C=C/CCCCCCCCCCCC(O)C(=O)NC(CO)C(O)C(O)CCC/C=C/CCCCCCCC. The zero-order chi connectivity index (χ0) is 33.2. The average Bonchev–Trinajstić information content (AvgIpc) is 3.04. The van der Waals surface area contributed by atoms with Crippen LogP contribution < -0.4 is 5.32 Å². The molecule has 0 spiro atoms. The van der Waals surface area contributed by atoms with Gasteiger partial charge in [0.2, 0.25) is 5.91 Å². The van der Waals surface area contributed by atoms with Crippen molar-refractivity contribution >= 4 is 5.91 Å². The van der Waals surface area contributed by atoms with Crippen molar-refractivity contribution in [1.29, 1.82) is 0 Å². The number of allylic oxidation sites excluding steroid dienone is 6. The highest BCUT2D eigenvalue weighted by atomic mass is 16.3. The Morgan fingerprint density at radius 1 is 0.556 bits per heavy atom. The summed E-state index contributed by atoms with van der Waals surface area (Å²) in [6, 6.07) is -1.00. The molecule has 6 nitrogen and oxygen atoms in total. The van der Waals surface area contributed by atoms with Gasteiger partial charge in [-0.25, -0.2) is 0 Å². The van der Waals surface area contributed by atoms with E-state index < -0.39 is 36.9 Å². The second-order valence-corrected chi connectivity index (χ2v) is 12.9. The number of nitrogens with one attached hydrogen (secondary N) is 1. The van der Waals surface area contributed by atoms with Gasteiger partial charge in [-0.3, -0.25) is 4.79 Å². The second-order valence-electron chi connectivity index (χ2n) is 12.9. The van der Waals surface area contributed by atoms with Crippen LogP contribution in [0.5, 0.6) is 0 Å². The molecule has 0 radical (unpaired) electrons. The molecule has 0 aliphatic heterocycles. The molecule has 0 bridgehead atoms. The summed E-state index contributed by atoms with van der Waals surface area (Å²) < 4.78 is 0. The fraction of sp³-hybridized carbons (Fsp3) is 0.821. The van der Waals surface area contributed by atoms with Crippen LogP contribution in [0.1, 0.15) is 174 Å². The molecule has 0 heterocycles. The lowest BCUT2D eigenvalue weighted by atomic mass is 10.00. The number of unbranched alkanes of at least 4 members (excludes halogenated alkanes) is 19. The normalized spacial score (nSPS) is 14.9. The Kier molecular flexibility index (Phi) is 32.8. The van der Waals surface area contributed by atoms with Crippen LogP contribution in [0.25, 0.3) is 0 Å². The first-order valence-corrected chi connectivity index (χ1v) is 18.9. The Morgan fingerprint density at radius 3 is 1.51 bits per heavy atom. The van der Waals surface area contributed by atoms with Gasteiger partial charge in [0.05, 0.1) is 18.8 Å². The van der Waals surface area contributed by atoms with E-state index in [0.717, 1.165) is 44.9 Å². The van der Waals surface area contributed by atoms with Gasteiger partial charge in [-0.15, -0.1) is 0 Å². The van der Waals surface area contributed by atoms with E-state index in [0.29, 0.717) is 12.8 Å². The molecule has 0 aliphatic rings. The Morgan fingerprint density at radius 2 is 0.978 bits per heavy atom. The summed E-state index contributed by atoms with van der Waals surface area (Å²) in [5.41, 5.74) is 0. The van der Waals surface area contributed by atoms with E-state index in [-0.39, 0.29) is 0 Å². The zero-order valence-corrected chi connectivity index (χ0v) is 29.4. The van der Waals surface area contributed by atoms with Gasteiger partial charge in [0.25, 0.3) is 0 Å². The van der Waals surface area contributed by atoms with Gasteiger partial charge in [0.1, 0.15) is 12.2 Å². The average molecular weight is 636 g/mol. The molecule has 0 fully saturated rings. The predicted molar refractivity (Wildman–Crippen MR) is 191 cm³/mol. The number of hydrogen-bond donors (Lipinski definition) is 5. The van der Waals surface area contributed by atoms with E-state index in [2.05, 4.69) is 55.6 Å². The van der Waals surface area contributed by atoms with Gasteiger partial charge in [0, 0.05) is 0 Å². The van der Waals surface area contributed by atoms with Gasteiger partial charge in [-0.2, -0.15) is 0 Å². The molecule has 6 heteroatoms. The molecular formula is C39H73NO5. The fourth-order valence-corrected chi connectivity index (χ4v) is 5.51. The van der Waals surface area contributed by atoms with Crippen molar-refractivity contribution in [1.82, 2.24) is 5.32 Å². The molecule has 0 aromatic rings. The maximum Gasteiger partial charge on any atom is 0.249 e. The molecule has 45 heavy (non-hydrogen) atoms. The van der Waals surface area contributed by atoms with Gasteiger partial charge < -0.3 is 25.7 Å². The molecule has 0 aromatic carbocycles. The molecule has 5 N–H and O–H groups in total. The van der Waals surface area contributed by atoms with E-state index in [1.807, 2.05) is 0 Å². The standard InChI is InChI=1S/C39H73NO5/c1-3-5-7-9-11-13-15-16-17-18-19-20-21-23-25-27-29-31-33-37(43)39(45)40-35(34-41)38(44)36(42)32-30-28-26-24-22-14-12-10-8-6-4-2/h11,13,15-16,24,26,35-38,41-44H,3-10,12,14,17-23,25,27-34H2,1-2H3,(H,40,45)/b13-11-,16-15-,26-24+. The lowest BCUT2D eigenvalue weighted by Gasteiger charge is -2.27. The number of carbonyl (C=O) groups is 1. The quantitative estimate of drug-likeness (QED) is 0.0281. The smallest absolute Gasteiger partial charge is 0.249 e. The van der Waals surface area contributed by atoms with Gasteiger partial charge in [-0.05, 0) is 64.2 Å². The summed E-state index contributed by atoms with van der Waals surface area (Å²) in [6.07, 6.45) is 37.3. The molecule has 4 atom stereocenters. The van der Waals surface area contributed by atoms with Crippen molar-refractivity contribution < 1.29 is 25.2 Å². The van der Waals surface area contributed by atoms with E-state index >= 15 is 0 Å². The van der Waals surface area contributed by atoms with Gasteiger partial charge in [-0.1, -0.05) is 147 Å². The summed E-state index contributed by atoms with van der Waals surface area (Å²) in [5, 5.41) is 43.4. The summed E-state index contributed by atoms with van der Waals surface area (Å²) in [7, 11) is 0. The second kappa shape index (κ2) is 33.9. The van der Waals surface area contributed by atoms with E-state index in [9.17, 15) is 25.2 Å². The summed E-state index contributed by atoms with van der Waals surface area (Å²) in [6.45, 7) is 3.96. The zero-order valence-electron chi connectivity index (χ0n) is 29.4. The van der Waals surface area contributed by atoms with Crippen LogP contribution in [-0.4, -0.2) is 57.3 Å². The first kappa shape index (κ1) is 43.5. The van der Waals surface area contributed by atoms with Crippen molar-refractivity contribution in [3.63, 3.8) is 0 Å². The van der Waals surface area contributed by atoms with E-state index in [1.54, 1.807) is 0 Å². The molecule has 0 aromatic heterocycles. The molecule has 0 rings (SSSR count). The monoisotopic (exact) mass is 636 g/mol. The third-order valence-electron chi connectivity index (χ3n) is 8.60.